The van der Waals surface area contributed by atoms with Gasteiger partial charge in [0.25, 0.3) is 17.1 Å². The maximum absolute atomic E-state index is 13.1. The van der Waals surface area contributed by atoms with E-state index in [9.17, 15) is 27.6 Å². The van der Waals surface area contributed by atoms with Crippen molar-refractivity contribution in [1.82, 2.24) is 10.2 Å². The van der Waals surface area contributed by atoms with Crippen molar-refractivity contribution in [2.75, 3.05) is 19.9 Å². The topological polar surface area (TPSA) is 84.9 Å². The number of nitrogens with one attached hydrogen (secondary N) is 1. The lowest BCUT2D eigenvalue weighted by Gasteiger charge is -2.15. The van der Waals surface area contributed by atoms with Crippen molar-refractivity contribution in [2.45, 2.75) is 6.18 Å². The van der Waals surface area contributed by atoms with E-state index in [4.69, 9.17) is 9.47 Å². The monoisotopic (exact) mass is 464 g/mol. The Balaban J connectivity index is 1.39. The van der Waals surface area contributed by atoms with E-state index in [0.717, 1.165) is 28.8 Å². The Morgan fingerprint density at radius 2 is 1.88 bits per heavy atom. The van der Waals surface area contributed by atoms with Gasteiger partial charge in [0.15, 0.2) is 11.5 Å². The minimum atomic E-state index is -4.68. The molecular weight excluding hydrogens is 449 g/mol. The molecule has 32 heavy (non-hydrogen) atoms. The van der Waals surface area contributed by atoms with Crippen molar-refractivity contribution in [2.24, 2.45) is 0 Å². The highest BCUT2D eigenvalue weighted by atomic mass is 32.2. The number of rotatable bonds is 5. The van der Waals surface area contributed by atoms with Crippen LogP contribution in [0.15, 0.2) is 47.4 Å². The zero-order valence-electron chi connectivity index (χ0n) is 16.3. The number of fused-ring (bicyclic) bond motifs is 1. The number of imide groups is 1. The fourth-order valence-electron chi connectivity index (χ4n) is 3.15. The van der Waals surface area contributed by atoms with E-state index in [1.165, 1.54) is 18.2 Å². The molecule has 0 aromatic heterocycles. The second-order valence-electron chi connectivity index (χ2n) is 6.75. The first kappa shape index (κ1) is 21.8. The zero-order valence-corrected chi connectivity index (χ0v) is 17.1. The summed E-state index contributed by atoms with van der Waals surface area (Å²) in [5, 5.41) is 1.79. The van der Waals surface area contributed by atoms with Crippen LogP contribution in [0, 0.1) is 0 Å². The van der Waals surface area contributed by atoms with Crippen LogP contribution in [0.5, 0.6) is 11.5 Å². The summed E-state index contributed by atoms with van der Waals surface area (Å²) in [6.07, 6.45) is -3.15. The first-order chi connectivity index (χ1) is 15.2. The average Bonchev–Trinajstić information content (AvgIpc) is 3.32. The van der Waals surface area contributed by atoms with Gasteiger partial charge in [-0.1, -0.05) is 18.2 Å². The Labute approximate surface area is 184 Å². The first-order valence-corrected chi connectivity index (χ1v) is 10.1. The molecule has 2 aromatic rings. The fourth-order valence-corrected chi connectivity index (χ4v) is 4.02. The predicted molar refractivity (Wildman–Crippen MR) is 109 cm³/mol. The summed E-state index contributed by atoms with van der Waals surface area (Å²) in [5.41, 5.74) is -0.955. The number of hydrogen-bond acceptors (Lipinski definition) is 6. The van der Waals surface area contributed by atoms with E-state index in [-0.39, 0.29) is 24.8 Å². The largest absolute Gasteiger partial charge is 0.454 e. The molecular formula is C21H15F3N2O5S. The van der Waals surface area contributed by atoms with Gasteiger partial charge in [-0.15, -0.1) is 0 Å². The normalized spacial score (nSPS) is 16.7. The van der Waals surface area contributed by atoms with E-state index in [1.807, 2.05) is 0 Å². The maximum atomic E-state index is 13.1. The second-order valence-corrected chi connectivity index (χ2v) is 7.74. The number of halogens is 3. The molecule has 166 valence electrons. The summed E-state index contributed by atoms with van der Waals surface area (Å²) in [6, 6.07) is 9.45. The molecule has 1 fully saturated rings. The molecule has 1 N–H and O–H groups in total. The van der Waals surface area contributed by atoms with Crippen molar-refractivity contribution < 1.29 is 37.0 Å². The molecule has 2 aliphatic heterocycles. The molecule has 0 radical (unpaired) electrons. The van der Waals surface area contributed by atoms with Gasteiger partial charge in [-0.3, -0.25) is 19.3 Å². The Morgan fingerprint density at radius 1 is 1.12 bits per heavy atom. The third kappa shape index (κ3) is 4.42. The molecule has 4 rings (SSSR count). The number of benzene rings is 2. The van der Waals surface area contributed by atoms with Crippen molar-refractivity contribution in [3.05, 3.63) is 64.1 Å². The second kappa shape index (κ2) is 8.58. The molecule has 2 heterocycles. The van der Waals surface area contributed by atoms with E-state index in [1.54, 1.807) is 18.2 Å². The van der Waals surface area contributed by atoms with Crippen LogP contribution in [0.1, 0.15) is 21.5 Å². The van der Waals surface area contributed by atoms with Crippen molar-refractivity contribution >= 4 is 34.9 Å². The summed E-state index contributed by atoms with van der Waals surface area (Å²) in [6.45, 7) is -0.266. The number of thioether (sulfide) groups is 1. The zero-order chi connectivity index (χ0) is 22.9. The van der Waals surface area contributed by atoms with Crippen LogP contribution in [0.4, 0.5) is 18.0 Å². The highest BCUT2D eigenvalue weighted by molar-refractivity contribution is 8.18. The van der Waals surface area contributed by atoms with Gasteiger partial charge in [0.05, 0.1) is 16.0 Å². The lowest BCUT2D eigenvalue weighted by molar-refractivity contribution is -0.138. The van der Waals surface area contributed by atoms with Crippen LogP contribution in [-0.4, -0.2) is 41.8 Å². The first-order valence-electron chi connectivity index (χ1n) is 9.33. The van der Waals surface area contributed by atoms with Crippen LogP contribution in [0.25, 0.3) is 6.08 Å². The third-order valence-electron chi connectivity index (χ3n) is 4.67. The Morgan fingerprint density at radius 3 is 2.66 bits per heavy atom. The average molecular weight is 464 g/mol. The van der Waals surface area contributed by atoms with Crippen LogP contribution in [0.2, 0.25) is 0 Å². The molecule has 7 nitrogen and oxygen atoms in total. The number of carbonyl (C=O) groups is 3. The van der Waals surface area contributed by atoms with Crippen LogP contribution in [0.3, 0.4) is 0 Å². The number of alkyl halides is 3. The molecule has 0 spiro atoms. The van der Waals surface area contributed by atoms with Gasteiger partial charge in [0, 0.05) is 13.1 Å². The molecule has 0 atom stereocenters. The van der Waals surface area contributed by atoms with E-state index in [0.29, 0.717) is 17.1 Å². The quantitative estimate of drug-likeness (QED) is 0.676. The Kier molecular flexibility index (Phi) is 5.83. The number of ether oxygens (including phenoxy) is 2. The number of amides is 3. The highest BCUT2D eigenvalue weighted by Gasteiger charge is 2.36. The number of carbonyl (C=O) groups excluding carboxylic acids is 3. The number of nitrogens with zero attached hydrogens (tertiary/aromatic N) is 1. The van der Waals surface area contributed by atoms with E-state index < -0.39 is 34.4 Å². The van der Waals surface area contributed by atoms with Gasteiger partial charge in [-0.05, 0) is 47.7 Å². The minimum Gasteiger partial charge on any atom is -0.454 e. The molecule has 3 amide bonds. The summed E-state index contributed by atoms with van der Waals surface area (Å²) in [4.78, 5) is 38.1. The Bertz CT molecular complexity index is 1130. The molecule has 0 bridgehead atoms. The SMILES string of the molecule is O=C(NCCN1C(=O)S/C(=C\c2ccc3c(c2)OCO3)C1=O)c1ccccc1C(F)(F)F. The van der Waals surface area contributed by atoms with Crippen molar-refractivity contribution in [3.8, 4) is 11.5 Å². The smallest absolute Gasteiger partial charge is 0.417 e. The van der Waals surface area contributed by atoms with Gasteiger partial charge in [-0.2, -0.15) is 13.2 Å². The van der Waals surface area contributed by atoms with Crippen molar-refractivity contribution in [3.63, 3.8) is 0 Å². The Hall–Kier alpha value is -3.47. The third-order valence-corrected chi connectivity index (χ3v) is 5.57. The van der Waals surface area contributed by atoms with E-state index >= 15 is 0 Å². The van der Waals surface area contributed by atoms with Crippen LogP contribution >= 0.6 is 11.8 Å². The highest BCUT2D eigenvalue weighted by Crippen LogP contribution is 2.36. The lowest BCUT2D eigenvalue weighted by atomic mass is 10.1. The fraction of sp³-hybridized carbons (Fsp3) is 0.190. The predicted octanol–water partition coefficient (Wildman–Crippen LogP) is 3.90. The molecule has 0 aliphatic carbocycles. The summed E-state index contributed by atoms with van der Waals surface area (Å²) in [7, 11) is 0. The molecule has 1 saturated heterocycles. The van der Waals surface area contributed by atoms with Crippen molar-refractivity contribution in [1.29, 1.82) is 0 Å². The van der Waals surface area contributed by atoms with Gasteiger partial charge in [0.1, 0.15) is 0 Å². The van der Waals surface area contributed by atoms with Crippen LogP contribution < -0.4 is 14.8 Å². The lowest BCUT2D eigenvalue weighted by Crippen LogP contribution is -2.37. The molecule has 0 saturated carbocycles. The molecule has 0 unspecified atom stereocenters. The summed E-state index contributed by atoms with van der Waals surface area (Å²) in [5.74, 6) is -0.388. The van der Waals surface area contributed by atoms with Gasteiger partial charge in [-0.25, -0.2) is 0 Å². The summed E-state index contributed by atoms with van der Waals surface area (Å²) >= 11 is 0.736. The van der Waals surface area contributed by atoms with Gasteiger partial charge >= 0.3 is 6.18 Å². The molecule has 2 aliphatic rings. The van der Waals surface area contributed by atoms with Gasteiger partial charge < -0.3 is 14.8 Å². The van der Waals surface area contributed by atoms with Gasteiger partial charge in [0.2, 0.25) is 6.79 Å². The maximum Gasteiger partial charge on any atom is 0.417 e. The molecule has 11 heteroatoms. The molecule has 2 aromatic carbocycles. The number of hydrogen-bond donors (Lipinski definition) is 1. The van der Waals surface area contributed by atoms with Crippen LogP contribution in [-0.2, 0) is 11.0 Å². The standard InChI is InChI=1S/C21H15F3N2O5S/c22-21(23,24)14-4-2-1-3-13(14)18(27)25-7-8-26-19(28)17(32-20(26)29)10-12-5-6-15-16(9-12)31-11-30-15/h1-6,9-10H,7-8,11H2,(H,25,27)/b17-10-. The minimum absolute atomic E-state index is 0.106. The van der Waals surface area contributed by atoms with E-state index in [2.05, 4.69) is 5.32 Å². The summed E-state index contributed by atoms with van der Waals surface area (Å²) < 4.78 is 49.7.